The molecule has 5 rings (SSSR count). The van der Waals surface area contributed by atoms with Gasteiger partial charge in [0.2, 0.25) is 11.8 Å². The number of ether oxygens (including phenoxy) is 1. The Morgan fingerprint density at radius 2 is 2.06 bits per heavy atom. The third-order valence-corrected chi connectivity index (χ3v) is 6.70. The minimum atomic E-state index is -0.230. The van der Waals surface area contributed by atoms with E-state index in [4.69, 9.17) is 14.8 Å². The molecule has 9 heteroatoms. The number of methoxy groups -OCH3 is 1. The van der Waals surface area contributed by atoms with Crippen LogP contribution in [0.15, 0.2) is 36.8 Å². The molecule has 1 atom stereocenters. The van der Waals surface area contributed by atoms with Gasteiger partial charge in [0.05, 0.1) is 55.2 Å². The average molecular weight is 447 g/mol. The van der Waals surface area contributed by atoms with Crippen molar-refractivity contribution in [3.63, 3.8) is 0 Å². The third-order valence-electron chi connectivity index (χ3n) is 6.70. The highest BCUT2D eigenvalue weighted by molar-refractivity contribution is 5.80. The summed E-state index contributed by atoms with van der Waals surface area (Å²) in [6.45, 7) is 1.31. The van der Waals surface area contributed by atoms with Gasteiger partial charge in [0, 0.05) is 24.3 Å². The maximum atomic E-state index is 13.3. The molecule has 1 aliphatic carbocycles. The predicted molar refractivity (Wildman–Crippen MR) is 119 cm³/mol. The average Bonchev–Trinajstić information content (AvgIpc) is 3.51. The molecule has 1 saturated carbocycles. The molecule has 0 N–H and O–H groups in total. The quantitative estimate of drug-likeness (QED) is 0.591. The van der Waals surface area contributed by atoms with Gasteiger partial charge in [-0.15, -0.1) is 0 Å². The van der Waals surface area contributed by atoms with Crippen molar-refractivity contribution in [2.45, 2.75) is 44.7 Å². The summed E-state index contributed by atoms with van der Waals surface area (Å²) in [4.78, 5) is 27.6. The smallest absolute Gasteiger partial charge is 0.249 e. The second-order valence-corrected chi connectivity index (χ2v) is 8.72. The van der Waals surface area contributed by atoms with Gasteiger partial charge in [0.25, 0.3) is 0 Å². The second-order valence-electron chi connectivity index (χ2n) is 8.72. The lowest BCUT2D eigenvalue weighted by atomic mass is 9.81. The van der Waals surface area contributed by atoms with Crippen molar-refractivity contribution >= 4 is 16.8 Å². The first-order valence-corrected chi connectivity index (χ1v) is 11.3. The summed E-state index contributed by atoms with van der Waals surface area (Å²) >= 11 is 0. The second kappa shape index (κ2) is 9.16. The molecular formula is C24H26N6O3. The van der Waals surface area contributed by atoms with Crippen LogP contribution in [0.1, 0.15) is 49.4 Å². The summed E-state index contributed by atoms with van der Waals surface area (Å²) < 4.78 is 7.20. The SMILES string of the molecule is COc1cncc([C@@H]2CCON2C(=O)[C@H]2CC[C@H](Cn3ncc4cc(C#N)ccc43)CC2)n1. The van der Waals surface area contributed by atoms with Crippen molar-refractivity contribution in [2.24, 2.45) is 11.8 Å². The topological polar surface area (TPSA) is 106 Å². The van der Waals surface area contributed by atoms with Gasteiger partial charge in [-0.1, -0.05) is 0 Å². The molecular weight excluding hydrogens is 420 g/mol. The van der Waals surface area contributed by atoms with Gasteiger partial charge in [0.15, 0.2) is 0 Å². The Hall–Kier alpha value is -3.51. The van der Waals surface area contributed by atoms with Crippen LogP contribution >= 0.6 is 0 Å². The van der Waals surface area contributed by atoms with E-state index in [9.17, 15) is 4.79 Å². The fraction of sp³-hybridized carbons (Fsp3) is 0.458. The number of fused-ring (bicyclic) bond motifs is 1. The first kappa shape index (κ1) is 21.3. The summed E-state index contributed by atoms with van der Waals surface area (Å²) in [5, 5.41) is 16.1. The zero-order valence-corrected chi connectivity index (χ0v) is 18.6. The van der Waals surface area contributed by atoms with Crippen LogP contribution in [-0.2, 0) is 16.2 Å². The molecule has 170 valence electrons. The van der Waals surface area contributed by atoms with Crippen molar-refractivity contribution in [3.8, 4) is 11.9 Å². The Balaban J connectivity index is 1.21. The van der Waals surface area contributed by atoms with E-state index < -0.39 is 0 Å². The summed E-state index contributed by atoms with van der Waals surface area (Å²) in [7, 11) is 1.55. The Kier molecular flexibility index (Phi) is 5.92. The zero-order chi connectivity index (χ0) is 22.8. The van der Waals surface area contributed by atoms with Crippen LogP contribution < -0.4 is 4.74 Å². The molecule has 0 unspecified atom stereocenters. The number of hydrogen-bond acceptors (Lipinski definition) is 7. The zero-order valence-electron chi connectivity index (χ0n) is 18.6. The maximum Gasteiger partial charge on any atom is 0.249 e. The third kappa shape index (κ3) is 4.26. The fourth-order valence-electron chi connectivity index (χ4n) is 4.90. The van der Waals surface area contributed by atoms with E-state index in [2.05, 4.69) is 21.1 Å². The monoisotopic (exact) mass is 446 g/mol. The number of carbonyl (C=O) groups is 1. The highest BCUT2D eigenvalue weighted by Crippen LogP contribution is 2.36. The number of carbonyl (C=O) groups excluding carboxylic acids is 1. The van der Waals surface area contributed by atoms with Crippen LogP contribution in [0.25, 0.3) is 10.9 Å². The molecule has 2 fully saturated rings. The van der Waals surface area contributed by atoms with Crippen molar-refractivity contribution in [2.75, 3.05) is 13.7 Å². The van der Waals surface area contributed by atoms with Crippen molar-refractivity contribution < 1.29 is 14.4 Å². The van der Waals surface area contributed by atoms with Gasteiger partial charge in [-0.2, -0.15) is 10.4 Å². The molecule has 0 radical (unpaired) electrons. The number of amides is 1. The molecule has 33 heavy (non-hydrogen) atoms. The molecule has 1 aromatic carbocycles. The maximum absolute atomic E-state index is 13.3. The summed E-state index contributed by atoms with van der Waals surface area (Å²) in [5.41, 5.74) is 2.38. The highest BCUT2D eigenvalue weighted by Gasteiger charge is 2.38. The normalized spacial score (nSPS) is 22.9. The standard InChI is InChI=1S/C24H26N6O3/c1-32-23-14-26-13-20(28-23)22-8-9-33-30(22)24(31)18-5-2-16(3-6-18)15-29-21-7-4-17(11-25)10-19(21)12-27-29/h4,7,10,12-14,16,18,22H,2-3,5-6,8-9,15H2,1H3/t16-,18-,22-/m0/s1. The number of benzene rings is 1. The van der Waals surface area contributed by atoms with E-state index in [-0.39, 0.29) is 17.9 Å². The largest absolute Gasteiger partial charge is 0.480 e. The lowest BCUT2D eigenvalue weighted by Crippen LogP contribution is -2.37. The Morgan fingerprint density at radius 1 is 1.21 bits per heavy atom. The van der Waals surface area contributed by atoms with E-state index in [0.717, 1.165) is 43.1 Å². The molecule has 0 bridgehead atoms. The fourth-order valence-corrected chi connectivity index (χ4v) is 4.90. The van der Waals surface area contributed by atoms with Crippen LogP contribution in [0.5, 0.6) is 5.88 Å². The predicted octanol–water partition coefficient (Wildman–Crippen LogP) is 3.42. The summed E-state index contributed by atoms with van der Waals surface area (Å²) in [6, 6.07) is 7.60. The molecule has 9 nitrogen and oxygen atoms in total. The van der Waals surface area contributed by atoms with E-state index in [1.54, 1.807) is 19.5 Å². The molecule has 0 spiro atoms. The molecule has 3 aromatic rings. The van der Waals surface area contributed by atoms with Crippen molar-refractivity contribution in [1.82, 2.24) is 24.8 Å². The van der Waals surface area contributed by atoms with Crippen molar-refractivity contribution in [1.29, 1.82) is 5.26 Å². The van der Waals surface area contributed by atoms with Gasteiger partial charge < -0.3 is 4.74 Å². The molecule has 2 aliphatic rings. The first-order valence-electron chi connectivity index (χ1n) is 11.3. The molecule has 1 aliphatic heterocycles. The first-order chi connectivity index (χ1) is 16.2. The lowest BCUT2D eigenvalue weighted by Gasteiger charge is -2.31. The molecule has 1 saturated heterocycles. The Bertz CT molecular complexity index is 1190. The van der Waals surface area contributed by atoms with Crippen molar-refractivity contribution in [3.05, 3.63) is 48.0 Å². The van der Waals surface area contributed by atoms with E-state index in [1.807, 2.05) is 29.1 Å². The minimum Gasteiger partial charge on any atom is -0.480 e. The highest BCUT2D eigenvalue weighted by atomic mass is 16.7. The van der Waals surface area contributed by atoms with Gasteiger partial charge in [-0.05, 0) is 49.8 Å². The number of hydrogen-bond donors (Lipinski definition) is 0. The van der Waals surface area contributed by atoms with Gasteiger partial charge >= 0.3 is 0 Å². The van der Waals surface area contributed by atoms with Gasteiger partial charge in [-0.3, -0.25) is 19.3 Å². The lowest BCUT2D eigenvalue weighted by molar-refractivity contribution is -0.183. The van der Waals surface area contributed by atoms with Crippen LogP contribution in [0.3, 0.4) is 0 Å². The number of aromatic nitrogens is 4. The van der Waals surface area contributed by atoms with Crippen LogP contribution in [-0.4, -0.2) is 44.4 Å². The van der Waals surface area contributed by atoms with E-state index >= 15 is 0 Å². The van der Waals surface area contributed by atoms with Gasteiger partial charge in [-0.25, -0.2) is 10.0 Å². The Labute approximate surface area is 191 Å². The van der Waals surface area contributed by atoms with Crippen LogP contribution in [0.2, 0.25) is 0 Å². The number of hydroxylamine groups is 2. The number of nitrogens with zero attached hydrogens (tertiary/aromatic N) is 6. The minimum absolute atomic E-state index is 0.0362. The van der Waals surface area contributed by atoms with Crippen LogP contribution in [0, 0.1) is 23.2 Å². The number of rotatable bonds is 5. The number of nitriles is 1. The summed E-state index contributed by atoms with van der Waals surface area (Å²) in [6.07, 6.45) is 9.33. The van der Waals surface area contributed by atoms with E-state index in [1.165, 1.54) is 5.06 Å². The van der Waals surface area contributed by atoms with E-state index in [0.29, 0.717) is 36.1 Å². The Morgan fingerprint density at radius 3 is 2.85 bits per heavy atom. The van der Waals surface area contributed by atoms with Crippen LogP contribution in [0.4, 0.5) is 0 Å². The molecule has 1 amide bonds. The van der Waals surface area contributed by atoms with Gasteiger partial charge in [0.1, 0.15) is 6.04 Å². The summed E-state index contributed by atoms with van der Waals surface area (Å²) in [5.74, 6) is 0.886. The molecule has 2 aromatic heterocycles. The molecule has 3 heterocycles.